The molecule has 2 aliphatic heterocycles. The van der Waals surface area contributed by atoms with E-state index in [9.17, 15) is 13.2 Å². The van der Waals surface area contributed by atoms with Crippen LogP contribution >= 0.6 is 0 Å². The Kier molecular flexibility index (Phi) is 8.02. The summed E-state index contributed by atoms with van der Waals surface area (Å²) in [7, 11) is -3.23. The number of nitrogens with zero attached hydrogens (tertiary/aromatic N) is 4. The van der Waals surface area contributed by atoms with E-state index in [-0.39, 0.29) is 12.5 Å². The number of sulfonamides is 1. The molecule has 184 valence electrons. The van der Waals surface area contributed by atoms with Crippen LogP contribution in [0, 0.1) is 0 Å². The van der Waals surface area contributed by atoms with Gasteiger partial charge in [0.1, 0.15) is 0 Å². The number of carbonyl (C=O) groups excluding carboxylic acids is 1. The minimum atomic E-state index is -3.23. The third-order valence-electron chi connectivity index (χ3n) is 6.10. The molecule has 3 heterocycles. The van der Waals surface area contributed by atoms with Crippen LogP contribution in [0.3, 0.4) is 0 Å². The summed E-state index contributed by atoms with van der Waals surface area (Å²) in [6.45, 7) is 3.65. The number of aromatic nitrogens is 1. The first-order valence-electron chi connectivity index (χ1n) is 11.7. The maximum Gasteiger partial charge on any atom is 0.236 e. The first-order chi connectivity index (χ1) is 16.4. The van der Waals surface area contributed by atoms with Crippen LogP contribution in [-0.4, -0.2) is 85.5 Å². The fourth-order valence-electron chi connectivity index (χ4n) is 4.21. The number of carbonyl (C=O) groups is 1. The van der Waals surface area contributed by atoms with Crippen molar-refractivity contribution in [3.8, 4) is 17.4 Å². The van der Waals surface area contributed by atoms with Crippen LogP contribution in [0.15, 0.2) is 42.6 Å². The van der Waals surface area contributed by atoms with Gasteiger partial charge in [-0.15, -0.1) is 0 Å². The van der Waals surface area contributed by atoms with Crippen molar-refractivity contribution in [3.63, 3.8) is 0 Å². The Morgan fingerprint density at radius 1 is 0.971 bits per heavy atom. The van der Waals surface area contributed by atoms with Gasteiger partial charge >= 0.3 is 0 Å². The maximum absolute atomic E-state index is 13.1. The van der Waals surface area contributed by atoms with Gasteiger partial charge in [0, 0.05) is 44.5 Å². The Hall–Kier alpha value is -2.69. The zero-order valence-corrected chi connectivity index (χ0v) is 20.4. The number of pyridine rings is 1. The van der Waals surface area contributed by atoms with E-state index in [1.165, 1.54) is 10.6 Å². The van der Waals surface area contributed by atoms with Gasteiger partial charge in [0.2, 0.25) is 21.8 Å². The number of benzene rings is 1. The highest BCUT2D eigenvalue weighted by Crippen LogP contribution is 2.32. The minimum Gasteiger partial charge on any atom is -0.490 e. The molecule has 0 aliphatic carbocycles. The molecule has 2 aromatic rings. The second-order valence-electron chi connectivity index (χ2n) is 8.68. The summed E-state index contributed by atoms with van der Waals surface area (Å²) >= 11 is 0. The Morgan fingerprint density at radius 3 is 2.50 bits per heavy atom. The topological polar surface area (TPSA) is 92.3 Å². The highest BCUT2D eigenvalue weighted by molar-refractivity contribution is 7.88. The number of para-hydroxylation sites is 2. The molecule has 4 rings (SSSR count). The standard InChI is InChI=1S/C24H32N4O5S/c1-34(30,31)28-15-13-27(14-16-28)23(29)19-26-12-5-2-6-17-32-21-9-3-4-10-22(21)33-24-20(18-26)8-7-11-25-24/h3-4,7-11H,2,5-6,12-19H2,1H3. The van der Waals surface area contributed by atoms with Crippen LogP contribution < -0.4 is 9.47 Å². The predicted octanol–water partition coefficient (Wildman–Crippen LogP) is 2.34. The van der Waals surface area contributed by atoms with E-state index in [2.05, 4.69) is 9.88 Å². The summed E-state index contributed by atoms with van der Waals surface area (Å²) in [4.78, 5) is 21.4. The molecule has 0 spiro atoms. The number of ether oxygens (including phenoxy) is 2. The van der Waals surface area contributed by atoms with E-state index in [0.717, 1.165) is 31.4 Å². The second kappa shape index (κ2) is 11.2. The van der Waals surface area contributed by atoms with Gasteiger partial charge in [-0.05, 0) is 44.0 Å². The first-order valence-corrected chi connectivity index (χ1v) is 13.5. The molecule has 9 nitrogen and oxygen atoms in total. The number of hydrogen-bond acceptors (Lipinski definition) is 7. The monoisotopic (exact) mass is 488 g/mol. The minimum absolute atomic E-state index is 0.0116. The quantitative estimate of drug-likeness (QED) is 0.655. The van der Waals surface area contributed by atoms with Crippen LogP contribution in [0.1, 0.15) is 24.8 Å². The van der Waals surface area contributed by atoms with Crippen LogP contribution in [0.5, 0.6) is 17.4 Å². The fraction of sp³-hybridized carbons (Fsp3) is 0.500. The van der Waals surface area contributed by atoms with Crippen molar-refractivity contribution in [2.45, 2.75) is 25.8 Å². The van der Waals surface area contributed by atoms with Crippen LogP contribution in [0.2, 0.25) is 0 Å². The zero-order valence-electron chi connectivity index (χ0n) is 19.6. The van der Waals surface area contributed by atoms with Gasteiger partial charge in [0.25, 0.3) is 0 Å². The van der Waals surface area contributed by atoms with Crippen molar-refractivity contribution in [1.82, 2.24) is 19.1 Å². The van der Waals surface area contributed by atoms with Crippen LogP contribution in [-0.2, 0) is 21.4 Å². The molecule has 2 aliphatic rings. The highest BCUT2D eigenvalue weighted by Gasteiger charge is 2.27. The normalized spacial score (nSPS) is 18.8. The predicted molar refractivity (Wildman–Crippen MR) is 128 cm³/mol. The number of hydrogen-bond donors (Lipinski definition) is 0. The molecule has 0 unspecified atom stereocenters. The van der Waals surface area contributed by atoms with E-state index in [0.29, 0.717) is 56.7 Å². The third kappa shape index (κ3) is 6.46. The number of rotatable bonds is 3. The lowest BCUT2D eigenvalue weighted by molar-refractivity contribution is -0.133. The van der Waals surface area contributed by atoms with Crippen molar-refractivity contribution < 1.29 is 22.7 Å². The summed E-state index contributed by atoms with van der Waals surface area (Å²) in [5, 5.41) is 0. The molecule has 34 heavy (non-hydrogen) atoms. The van der Waals surface area contributed by atoms with E-state index >= 15 is 0 Å². The number of piperazine rings is 1. The number of fused-ring (bicyclic) bond motifs is 2. The van der Waals surface area contributed by atoms with Crippen molar-refractivity contribution in [3.05, 3.63) is 48.2 Å². The summed E-state index contributed by atoms with van der Waals surface area (Å²) in [5.41, 5.74) is 0.895. The van der Waals surface area contributed by atoms with Crippen molar-refractivity contribution in [1.29, 1.82) is 0 Å². The lowest BCUT2D eigenvalue weighted by Crippen LogP contribution is -2.52. The average molecular weight is 489 g/mol. The highest BCUT2D eigenvalue weighted by atomic mass is 32.2. The van der Waals surface area contributed by atoms with Gasteiger partial charge in [-0.25, -0.2) is 13.4 Å². The molecule has 10 heteroatoms. The van der Waals surface area contributed by atoms with Gasteiger partial charge in [0.15, 0.2) is 11.5 Å². The molecule has 1 aromatic heterocycles. The Morgan fingerprint density at radius 2 is 1.74 bits per heavy atom. The van der Waals surface area contributed by atoms with Crippen molar-refractivity contribution in [2.24, 2.45) is 0 Å². The molecular formula is C24H32N4O5S. The Labute approximate surface area is 201 Å². The second-order valence-corrected chi connectivity index (χ2v) is 10.7. The van der Waals surface area contributed by atoms with Crippen LogP contribution in [0.4, 0.5) is 0 Å². The number of amides is 1. The van der Waals surface area contributed by atoms with Crippen LogP contribution in [0.25, 0.3) is 0 Å². The fourth-order valence-corrected chi connectivity index (χ4v) is 5.03. The molecule has 0 radical (unpaired) electrons. The smallest absolute Gasteiger partial charge is 0.236 e. The average Bonchev–Trinajstić information content (AvgIpc) is 2.83. The van der Waals surface area contributed by atoms with Crippen molar-refractivity contribution >= 4 is 15.9 Å². The molecule has 1 amide bonds. The molecule has 0 atom stereocenters. The molecule has 1 fully saturated rings. The SMILES string of the molecule is CS(=O)(=O)N1CCN(C(=O)CN2CCCCCOc3ccccc3Oc3ncccc3C2)CC1. The van der Waals surface area contributed by atoms with Gasteiger partial charge in [0.05, 0.1) is 19.4 Å². The summed E-state index contributed by atoms with van der Waals surface area (Å²) in [6, 6.07) is 11.4. The van der Waals surface area contributed by atoms with E-state index in [1.54, 1.807) is 11.1 Å². The molecule has 0 saturated carbocycles. The lowest BCUT2D eigenvalue weighted by atomic mass is 10.2. The maximum atomic E-state index is 13.1. The summed E-state index contributed by atoms with van der Waals surface area (Å²) < 4.78 is 37.1. The summed E-state index contributed by atoms with van der Waals surface area (Å²) in [6.07, 6.45) is 5.74. The first kappa shape index (κ1) is 24.4. The van der Waals surface area contributed by atoms with E-state index < -0.39 is 10.0 Å². The summed E-state index contributed by atoms with van der Waals surface area (Å²) in [5.74, 6) is 1.82. The molecule has 0 N–H and O–H groups in total. The lowest BCUT2D eigenvalue weighted by Gasteiger charge is -2.34. The molecule has 0 bridgehead atoms. The third-order valence-corrected chi connectivity index (χ3v) is 7.40. The molecular weight excluding hydrogens is 456 g/mol. The van der Waals surface area contributed by atoms with Crippen molar-refractivity contribution in [2.75, 3.05) is 52.1 Å². The largest absolute Gasteiger partial charge is 0.490 e. The molecule has 1 saturated heterocycles. The van der Waals surface area contributed by atoms with E-state index in [4.69, 9.17) is 9.47 Å². The Balaban J connectivity index is 1.48. The van der Waals surface area contributed by atoms with E-state index in [1.807, 2.05) is 36.4 Å². The Bertz CT molecular complexity index is 1090. The van der Waals surface area contributed by atoms with Gasteiger partial charge in [-0.3, -0.25) is 9.69 Å². The zero-order chi connectivity index (χ0) is 24.0. The van der Waals surface area contributed by atoms with Gasteiger partial charge < -0.3 is 14.4 Å². The van der Waals surface area contributed by atoms with Gasteiger partial charge in [-0.2, -0.15) is 4.31 Å². The molecule has 1 aromatic carbocycles. The van der Waals surface area contributed by atoms with Gasteiger partial charge in [-0.1, -0.05) is 18.2 Å².